The summed E-state index contributed by atoms with van der Waals surface area (Å²) in [6.45, 7) is 0. The maximum absolute atomic E-state index is 11.3. The fourth-order valence-corrected chi connectivity index (χ4v) is 1.13. The number of esters is 1. The molecule has 14 heavy (non-hydrogen) atoms. The van der Waals surface area contributed by atoms with Crippen LogP contribution in [0.25, 0.3) is 0 Å². The Labute approximate surface area is 82.8 Å². The summed E-state index contributed by atoms with van der Waals surface area (Å²) in [5, 5.41) is 2.95. The van der Waals surface area contributed by atoms with E-state index in [1.807, 2.05) is 0 Å². The topological polar surface area (TPSA) is 47.6 Å². The molecule has 4 nitrogen and oxygen atoms in total. The second kappa shape index (κ2) is 4.50. The lowest BCUT2D eigenvalue weighted by Gasteiger charge is -2.08. The van der Waals surface area contributed by atoms with Crippen LogP contribution in [0.2, 0.25) is 0 Å². The Kier molecular flexibility index (Phi) is 3.34. The van der Waals surface area contributed by atoms with Gasteiger partial charge >= 0.3 is 5.97 Å². The fourth-order valence-electron chi connectivity index (χ4n) is 1.13. The smallest absolute Gasteiger partial charge is 0.341 e. The standard InChI is InChI=1S/C10H13NO3/c1-11-7-4-5-8(10(12)14-3)9(6-7)13-2/h4-6,11H,1-3H3/i1-1. The third-order valence-corrected chi connectivity index (χ3v) is 1.90. The van der Waals surface area contributed by atoms with Gasteiger partial charge in [-0.25, -0.2) is 4.79 Å². The lowest BCUT2D eigenvalue weighted by molar-refractivity contribution is 0.0597. The number of hydrogen-bond donors (Lipinski definition) is 1. The van der Waals surface area contributed by atoms with Crippen molar-refractivity contribution in [1.29, 1.82) is 0 Å². The molecule has 0 aromatic heterocycles. The van der Waals surface area contributed by atoms with Crippen LogP contribution in [0.4, 0.5) is 5.69 Å². The van der Waals surface area contributed by atoms with Gasteiger partial charge in [-0.1, -0.05) is 0 Å². The normalized spacial score (nSPS) is 9.36. The van der Waals surface area contributed by atoms with Crippen molar-refractivity contribution in [2.75, 3.05) is 26.6 Å². The Bertz CT molecular complexity index is 336. The summed E-state index contributed by atoms with van der Waals surface area (Å²) in [5.41, 5.74) is 1.31. The van der Waals surface area contributed by atoms with Crippen LogP contribution in [0, 0.1) is 0 Å². The molecule has 0 radical (unpaired) electrons. The zero-order valence-corrected chi connectivity index (χ0v) is 8.46. The van der Waals surface area contributed by atoms with E-state index in [1.165, 1.54) is 14.2 Å². The second-order valence-corrected chi connectivity index (χ2v) is 2.66. The first-order chi connectivity index (χ1) is 6.72. The minimum Gasteiger partial charge on any atom is -0.496 e. The fraction of sp³-hybridized carbons (Fsp3) is 0.300. The summed E-state index contributed by atoms with van der Waals surface area (Å²) in [5.74, 6) is 0.105. The SMILES string of the molecule is COC(=O)c1ccc(N[11CH3])cc1OC. The summed E-state index contributed by atoms with van der Waals surface area (Å²) in [6.07, 6.45) is 0. The van der Waals surface area contributed by atoms with Crippen molar-refractivity contribution >= 4 is 11.7 Å². The van der Waals surface area contributed by atoms with Gasteiger partial charge in [-0.3, -0.25) is 0 Å². The van der Waals surface area contributed by atoms with E-state index in [1.54, 1.807) is 25.2 Å². The summed E-state index contributed by atoms with van der Waals surface area (Å²) in [4.78, 5) is 11.3. The minimum absolute atomic E-state index is 0.399. The summed E-state index contributed by atoms with van der Waals surface area (Å²) >= 11 is 0. The minimum atomic E-state index is -0.399. The van der Waals surface area contributed by atoms with E-state index in [4.69, 9.17) is 4.74 Å². The van der Waals surface area contributed by atoms with Gasteiger partial charge in [-0.15, -0.1) is 0 Å². The van der Waals surface area contributed by atoms with Gasteiger partial charge in [0.1, 0.15) is 11.3 Å². The lowest BCUT2D eigenvalue weighted by Crippen LogP contribution is -2.04. The molecule has 0 fully saturated rings. The molecule has 0 unspecified atom stereocenters. The summed E-state index contributed by atoms with van der Waals surface area (Å²) < 4.78 is 9.68. The van der Waals surface area contributed by atoms with E-state index in [0.717, 1.165) is 5.69 Å². The Morgan fingerprint density at radius 2 is 2.07 bits per heavy atom. The third-order valence-electron chi connectivity index (χ3n) is 1.90. The van der Waals surface area contributed by atoms with Gasteiger partial charge in [0.25, 0.3) is 0 Å². The van der Waals surface area contributed by atoms with Gasteiger partial charge in [-0.2, -0.15) is 0 Å². The van der Waals surface area contributed by atoms with Crippen molar-refractivity contribution < 1.29 is 14.3 Å². The summed E-state index contributed by atoms with van der Waals surface area (Å²) in [6, 6.07) is 5.19. The van der Waals surface area contributed by atoms with Crippen LogP contribution >= 0.6 is 0 Å². The number of carbonyl (C=O) groups is 1. The molecule has 0 aliphatic carbocycles. The molecule has 0 amide bonds. The van der Waals surface area contributed by atoms with Gasteiger partial charge in [-0.05, 0) is 12.1 Å². The second-order valence-electron chi connectivity index (χ2n) is 2.66. The van der Waals surface area contributed by atoms with Crippen LogP contribution in [-0.4, -0.2) is 27.2 Å². The molecule has 1 rings (SSSR count). The molecule has 1 aromatic carbocycles. The van der Waals surface area contributed by atoms with Crippen LogP contribution < -0.4 is 10.1 Å². The van der Waals surface area contributed by atoms with Gasteiger partial charge in [0.05, 0.1) is 14.2 Å². The van der Waals surface area contributed by atoms with Crippen molar-refractivity contribution in [3.63, 3.8) is 0 Å². The predicted molar refractivity (Wildman–Crippen MR) is 53.9 cm³/mol. The molecule has 0 saturated carbocycles. The Balaban J connectivity index is 3.11. The van der Waals surface area contributed by atoms with Gasteiger partial charge in [0.15, 0.2) is 0 Å². The first kappa shape index (κ1) is 10.4. The average molecular weight is 194 g/mol. The highest BCUT2D eigenvalue weighted by Crippen LogP contribution is 2.23. The molecule has 0 spiro atoms. The number of rotatable bonds is 3. The van der Waals surface area contributed by atoms with Crippen molar-refractivity contribution in [3.05, 3.63) is 23.8 Å². The molecule has 0 saturated heterocycles. The molecule has 1 aromatic rings. The first-order valence-corrected chi connectivity index (χ1v) is 4.17. The van der Waals surface area contributed by atoms with Crippen LogP contribution in [-0.2, 0) is 4.74 Å². The number of hydrogen-bond acceptors (Lipinski definition) is 4. The molecule has 0 aliphatic rings. The highest BCUT2D eigenvalue weighted by molar-refractivity contribution is 5.93. The van der Waals surface area contributed by atoms with E-state index in [9.17, 15) is 4.79 Å². The highest BCUT2D eigenvalue weighted by Gasteiger charge is 2.12. The molecular formula is C10H13NO3. The average Bonchev–Trinajstić information content (AvgIpc) is 2.27. The highest BCUT2D eigenvalue weighted by atomic mass is 16.5. The molecule has 0 atom stereocenters. The Morgan fingerprint density at radius 1 is 1.36 bits per heavy atom. The van der Waals surface area contributed by atoms with E-state index >= 15 is 0 Å². The maximum Gasteiger partial charge on any atom is 0.341 e. The molecule has 0 heterocycles. The number of nitrogens with one attached hydrogen (secondary N) is 1. The predicted octanol–water partition coefficient (Wildman–Crippen LogP) is 1.52. The van der Waals surface area contributed by atoms with E-state index in [-0.39, 0.29) is 0 Å². The van der Waals surface area contributed by atoms with Gasteiger partial charge in [0, 0.05) is 18.8 Å². The lowest BCUT2D eigenvalue weighted by atomic mass is 10.1. The molecule has 4 heteroatoms. The zero-order chi connectivity index (χ0) is 10.6. The number of methoxy groups -OCH3 is 2. The van der Waals surface area contributed by atoms with Crippen LogP contribution in [0.5, 0.6) is 5.75 Å². The third kappa shape index (κ3) is 1.96. The summed E-state index contributed by atoms with van der Waals surface area (Å²) in [7, 11) is 4.65. The molecule has 1 N–H and O–H groups in total. The van der Waals surface area contributed by atoms with Crippen molar-refractivity contribution in [2.45, 2.75) is 0 Å². The van der Waals surface area contributed by atoms with E-state index in [2.05, 4.69) is 10.1 Å². The molecule has 0 bridgehead atoms. The number of benzene rings is 1. The van der Waals surface area contributed by atoms with E-state index < -0.39 is 5.97 Å². The monoisotopic (exact) mass is 194 g/mol. The number of carbonyl (C=O) groups excluding carboxylic acids is 1. The number of ether oxygens (including phenoxy) is 2. The number of anilines is 1. The van der Waals surface area contributed by atoms with Crippen LogP contribution in [0.3, 0.4) is 0 Å². The van der Waals surface area contributed by atoms with E-state index in [0.29, 0.717) is 11.3 Å². The largest absolute Gasteiger partial charge is 0.496 e. The quantitative estimate of drug-likeness (QED) is 0.741. The molecular weight excluding hydrogens is 181 g/mol. The zero-order valence-electron chi connectivity index (χ0n) is 8.46. The maximum atomic E-state index is 11.3. The first-order valence-electron chi connectivity index (χ1n) is 4.17. The van der Waals surface area contributed by atoms with Crippen molar-refractivity contribution in [1.82, 2.24) is 0 Å². The van der Waals surface area contributed by atoms with Crippen LogP contribution in [0.15, 0.2) is 18.2 Å². The Hall–Kier alpha value is -1.71. The van der Waals surface area contributed by atoms with Crippen molar-refractivity contribution in [3.8, 4) is 5.75 Å². The van der Waals surface area contributed by atoms with Gasteiger partial charge < -0.3 is 14.8 Å². The van der Waals surface area contributed by atoms with Gasteiger partial charge in [0.2, 0.25) is 0 Å². The molecule has 0 aliphatic heterocycles. The van der Waals surface area contributed by atoms with Crippen LogP contribution in [0.1, 0.15) is 10.4 Å². The Morgan fingerprint density at radius 3 is 2.57 bits per heavy atom. The molecule has 76 valence electrons. The van der Waals surface area contributed by atoms with Crippen molar-refractivity contribution in [2.24, 2.45) is 0 Å².